The molecule has 2 N–H and O–H groups in total. The number of hydrogen-bond donors (Lipinski definition) is 1. The molecule has 1 rings (SSSR count). The van der Waals surface area contributed by atoms with E-state index in [4.69, 9.17) is 28.9 Å². The summed E-state index contributed by atoms with van der Waals surface area (Å²) in [5.41, 5.74) is 7.35. The first-order valence-electron chi connectivity index (χ1n) is 6.77. The van der Waals surface area contributed by atoms with Crippen LogP contribution in [0.4, 0.5) is 0 Å². The Bertz CT molecular complexity index is 415. The summed E-state index contributed by atoms with van der Waals surface area (Å²) in [4.78, 5) is 2.37. The van der Waals surface area contributed by atoms with Crippen molar-refractivity contribution < 1.29 is 0 Å². The second kappa shape index (κ2) is 6.94. The Morgan fingerprint density at radius 3 is 2.32 bits per heavy atom. The summed E-state index contributed by atoms with van der Waals surface area (Å²) in [5.74, 6) is 0. The number of rotatable bonds is 6. The second-order valence-corrected chi connectivity index (χ2v) is 6.22. The molecular weight excluding hydrogens is 279 g/mol. The molecule has 108 valence electrons. The van der Waals surface area contributed by atoms with E-state index in [2.05, 4.69) is 32.6 Å². The molecule has 0 fully saturated rings. The summed E-state index contributed by atoms with van der Waals surface area (Å²) in [6, 6.07) is 5.54. The highest BCUT2D eigenvalue weighted by atomic mass is 35.5. The first kappa shape index (κ1) is 16.8. The van der Waals surface area contributed by atoms with Gasteiger partial charge in [0.05, 0.1) is 0 Å². The van der Waals surface area contributed by atoms with Crippen LogP contribution in [0.2, 0.25) is 10.0 Å². The van der Waals surface area contributed by atoms with Gasteiger partial charge in [-0.2, -0.15) is 0 Å². The molecule has 1 aromatic carbocycles. The zero-order valence-corrected chi connectivity index (χ0v) is 13.7. The molecule has 0 amide bonds. The van der Waals surface area contributed by atoms with Crippen molar-refractivity contribution in [3.8, 4) is 0 Å². The molecule has 19 heavy (non-hydrogen) atoms. The van der Waals surface area contributed by atoms with Crippen LogP contribution >= 0.6 is 23.2 Å². The van der Waals surface area contributed by atoms with Crippen molar-refractivity contribution in [3.63, 3.8) is 0 Å². The molecule has 0 radical (unpaired) electrons. The van der Waals surface area contributed by atoms with E-state index >= 15 is 0 Å². The smallest absolute Gasteiger partial charge is 0.0439 e. The van der Waals surface area contributed by atoms with Crippen LogP contribution in [0, 0.1) is 0 Å². The van der Waals surface area contributed by atoms with Gasteiger partial charge in [0.15, 0.2) is 0 Å². The predicted octanol–water partition coefficient (Wildman–Crippen LogP) is 3.98. The Morgan fingerprint density at radius 2 is 1.79 bits per heavy atom. The van der Waals surface area contributed by atoms with Crippen LogP contribution < -0.4 is 5.73 Å². The van der Waals surface area contributed by atoms with E-state index in [1.807, 2.05) is 12.1 Å². The fraction of sp³-hybridized carbons (Fsp3) is 0.600. The van der Waals surface area contributed by atoms with Crippen molar-refractivity contribution in [2.75, 3.05) is 13.1 Å². The van der Waals surface area contributed by atoms with Gasteiger partial charge >= 0.3 is 0 Å². The van der Waals surface area contributed by atoms with Gasteiger partial charge in [-0.1, -0.05) is 37.0 Å². The van der Waals surface area contributed by atoms with Gasteiger partial charge in [-0.05, 0) is 57.1 Å². The lowest BCUT2D eigenvalue weighted by Crippen LogP contribution is -2.56. The molecule has 0 aliphatic carbocycles. The van der Waals surface area contributed by atoms with Crippen LogP contribution in [-0.4, -0.2) is 29.6 Å². The summed E-state index contributed by atoms with van der Waals surface area (Å²) in [7, 11) is 0. The highest BCUT2D eigenvalue weighted by Gasteiger charge is 2.31. The van der Waals surface area contributed by atoms with E-state index in [9.17, 15) is 0 Å². The Morgan fingerprint density at radius 1 is 1.21 bits per heavy atom. The highest BCUT2D eigenvalue weighted by molar-refractivity contribution is 6.33. The van der Waals surface area contributed by atoms with E-state index in [1.54, 1.807) is 6.07 Å². The molecule has 0 saturated carbocycles. The van der Waals surface area contributed by atoms with Gasteiger partial charge in [-0.25, -0.2) is 0 Å². The predicted molar refractivity (Wildman–Crippen MR) is 85.1 cm³/mol. The fourth-order valence-corrected chi connectivity index (χ4v) is 2.85. The maximum atomic E-state index is 6.41. The van der Waals surface area contributed by atoms with Gasteiger partial charge in [0.1, 0.15) is 0 Å². The van der Waals surface area contributed by atoms with Crippen LogP contribution in [0.1, 0.15) is 33.3 Å². The number of likely N-dealkylation sites (N-methyl/N-ethyl adjacent to an activating group) is 1. The van der Waals surface area contributed by atoms with Gasteiger partial charge in [-0.15, -0.1) is 0 Å². The van der Waals surface area contributed by atoms with Crippen molar-refractivity contribution in [3.05, 3.63) is 33.8 Å². The van der Waals surface area contributed by atoms with Crippen molar-refractivity contribution in [2.45, 2.75) is 45.7 Å². The summed E-state index contributed by atoms with van der Waals surface area (Å²) in [6.07, 6.45) is 0.725. The molecule has 1 atom stereocenters. The molecule has 0 spiro atoms. The average molecular weight is 303 g/mol. The molecule has 4 heteroatoms. The fourth-order valence-electron chi connectivity index (χ4n) is 2.46. The first-order valence-corrected chi connectivity index (χ1v) is 7.53. The third-order valence-electron chi connectivity index (χ3n) is 3.93. The van der Waals surface area contributed by atoms with Gasteiger partial charge in [0, 0.05) is 21.6 Å². The molecule has 0 aromatic heterocycles. The number of nitrogens with two attached hydrogens (primary N) is 1. The second-order valence-electron chi connectivity index (χ2n) is 5.37. The monoisotopic (exact) mass is 302 g/mol. The molecule has 1 unspecified atom stereocenters. The van der Waals surface area contributed by atoms with Crippen molar-refractivity contribution >= 4 is 23.2 Å². The summed E-state index contributed by atoms with van der Waals surface area (Å²) < 4.78 is 0. The SMILES string of the molecule is CCN(CC)C(C)(C)C(N)Cc1cc(Cl)ccc1Cl. The Balaban J connectivity index is 2.89. The number of hydrogen-bond acceptors (Lipinski definition) is 2. The van der Waals surface area contributed by atoms with E-state index in [1.165, 1.54) is 0 Å². The minimum atomic E-state index is -0.0743. The van der Waals surface area contributed by atoms with Gasteiger partial charge in [-0.3, -0.25) is 4.90 Å². The molecule has 0 aliphatic rings. The summed E-state index contributed by atoms with van der Waals surface area (Å²) in [5, 5.41) is 1.43. The Labute approximate surface area is 126 Å². The zero-order chi connectivity index (χ0) is 14.6. The maximum Gasteiger partial charge on any atom is 0.0439 e. The normalized spacial score (nSPS) is 13.9. The standard InChI is InChI=1S/C15H24Cl2N2/c1-5-19(6-2)15(3,4)14(18)10-11-9-12(16)7-8-13(11)17/h7-9,14H,5-6,10,18H2,1-4H3. The Hall–Kier alpha value is -0.280. The van der Waals surface area contributed by atoms with Gasteiger partial charge in [0.2, 0.25) is 0 Å². The van der Waals surface area contributed by atoms with Crippen LogP contribution in [0.5, 0.6) is 0 Å². The molecule has 0 aliphatic heterocycles. The highest BCUT2D eigenvalue weighted by Crippen LogP contribution is 2.26. The lowest BCUT2D eigenvalue weighted by atomic mass is 9.88. The summed E-state index contributed by atoms with van der Waals surface area (Å²) >= 11 is 12.2. The number of halogens is 2. The van der Waals surface area contributed by atoms with Crippen molar-refractivity contribution in [1.82, 2.24) is 4.90 Å². The lowest BCUT2D eigenvalue weighted by molar-refractivity contribution is 0.106. The minimum Gasteiger partial charge on any atom is -0.326 e. The third kappa shape index (κ3) is 4.09. The van der Waals surface area contributed by atoms with Crippen LogP contribution in [0.3, 0.4) is 0 Å². The van der Waals surface area contributed by atoms with Crippen LogP contribution in [0.15, 0.2) is 18.2 Å². The zero-order valence-electron chi connectivity index (χ0n) is 12.2. The average Bonchev–Trinajstić information content (AvgIpc) is 2.35. The van der Waals surface area contributed by atoms with E-state index in [0.717, 1.165) is 30.1 Å². The van der Waals surface area contributed by atoms with E-state index in [-0.39, 0.29) is 11.6 Å². The number of nitrogens with zero attached hydrogens (tertiary/aromatic N) is 1. The van der Waals surface area contributed by atoms with Crippen molar-refractivity contribution in [1.29, 1.82) is 0 Å². The number of benzene rings is 1. The van der Waals surface area contributed by atoms with Gasteiger partial charge in [0.25, 0.3) is 0 Å². The van der Waals surface area contributed by atoms with Crippen molar-refractivity contribution in [2.24, 2.45) is 5.73 Å². The van der Waals surface area contributed by atoms with Crippen LogP contribution in [-0.2, 0) is 6.42 Å². The molecular formula is C15H24Cl2N2. The molecule has 2 nitrogen and oxygen atoms in total. The third-order valence-corrected chi connectivity index (χ3v) is 4.54. The minimum absolute atomic E-state index is 0.00312. The Kier molecular flexibility index (Phi) is 6.13. The largest absolute Gasteiger partial charge is 0.326 e. The lowest BCUT2D eigenvalue weighted by Gasteiger charge is -2.42. The maximum absolute atomic E-state index is 6.41. The summed E-state index contributed by atoms with van der Waals surface area (Å²) in [6.45, 7) is 10.7. The molecule has 1 aromatic rings. The van der Waals surface area contributed by atoms with Gasteiger partial charge < -0.3 is 5.73 Å². The topological polar surface area (TPSA) is 29.3 Å². The van der Waals surface area contributed by atoms with E-state index < -0.39 is 0 Å². The molecule has 0 saturated heterocycles. The van der Waals surface area contributed by atoms with Crippen LogP contribution in [0.25, 0.3) is 0 Å². The molecule has 0 bridgehead atoms. The van der Waals surface area contributed by atoms with E-state index in [0.29, 0.717) is 5.02 Å². The quantitative estimate of drug-likeness (QED) is 0.861. The molecule has 0 heterocycles. The first-order chi connectivity index (χ1) is 8.82.